The van der Waals surface area contributed by atoms with Crippen molar-refractivity contribution >= 4 is 35.3 Å². The fourth-order valence-electron chi connectivity index (χ4n) is 1.77. The summed E-state index contributed by atoms with van der Waals surface area (Å²) in [6, 6.07) is 5.41. The number of aliphatic hydroxyl groups excluding tert-OH is 1. The van der Waals surface area contributed by atoms with Crippen LogP contribution < -0.4 is 16.6 Å². The molecule has 5 N–H and O–H groups in total. The Bertz CT molecular complexity index is 877. The van der Waals surface area contributed by atoms with Crippen molar-refractivity contribution in [2.45, 2.75) is 19.0 Å². The number of carbonyl (C=O) groups excluding carboxylic acids is 2. The van der Waals surface area contributed by atoms with Crippen LogP contribution in [0, 0.1) is 12.7 Å². The van der Waals surface area contributed by atoms with Crippen LogP contribution in [0.4, 0.5) is 10.1 Å². The fourth-order valence-corrected chi connectivity index (χ4v) is 2.48. The number of halogens is 1. The molecular weight excluding hydrogens is 375 g/mol. The van der Waals surface area contributed by atoms with E-state index < -0.39 is 5.56 Å². The number of carbonyl (C=O) groups is 2. The summed E-state index contributed by atoms with van der Waals surface area (Å²) in [6.07, 6.45) is 2.01. The predicted molar refractivity (Wildman–Crippen MR) is 102 cm³/mol. The summed E-state index contributed by atoms with van der Waals surface area (Å²) < 4.78 is 12.8. The van der Waals surface area contributed by atoms with Gasteiger partial charge in [0, 0.05) is 12.6 Å². The number of H-pyrrole nitrogens is 1. The van der Waals surface area contributed by atoms with Crippen LogP contribution in [0.1, 0.15) is 18.2 Å². The zero-order valence-electron chi connectivity index (χ0n) is 14.7. The first kappa shape index (κ1) is 21.9. The Hall–Kier alpha value is -3.14. The number of nitrogens with two attached hydrogens (primary N) is 1. The van der Waals surface area contributed by atoms with Crippen molar-refractivity contribution < 1.29 is 19.1 Å². The smallest absolute Gasteiger partial charge is 0.259 e. The SMILES string of the molecule is CC(N)=O.Cc1nc(SCC(=O)Nc2ccc(F)cc2)[nH]c(=O)c1C=CO. The van der Waals surface area contributed by atoms with E-state index >= 15 is 0 Å². The number of thioether (sulfide) groups is 1. The van der Waals surface area contributed by atoms with E-state index in [0.29, 0.717) is 16.5 Å². The molecule has 2 aromatic rings. The standard InChI is InChI=1S/C15H14FN3O3S.C2H5NO/c1-9-12(6-7-20)14(22)19-15(17-9)23-8-13(21)18-11-4-2-10(16)3-5-11;1-2(3)4/h2-7,20H,8H2,1H3,(H,18,21)(H,17,19,22);1H3,(H2,3,4). The van der Waals surface area contributed by atoms with Gasteiger partial charge in [0.25, 0.3) is 5.56 Å². The first-order valence-electron chi connectivity index (χ1n) is 7.59. The van der Waals surface area contributed by atoms with E-state index in [4.69, 9.17) is 5.11 Å². The lowest BCUT2D eigenvalue weighted by atomic mass is 10.2. The molecule has 0 saturated carbocycles. The molecule has 0 aliphatic carbocycles. The lowest BCUT2D eigenvalue weighted by Crippen LogP contribution is -2.17. The highest BCUT2D eigenvalue weighted by Gasteiger charge is 2.09. The molecule has 8 nitrogen and oxygen atoms in total. The number of aromatic nitrogens is 2. The first-order valence-corrected chi connectivity index (χ1v) is 8.57. The minimum atomic E-state index is -0.399. The number of nitrogens with one attached hydrogen (secondary N) is 2. The molecule has 0 aliphatic rings. The van der Waals surface area contributed by atoms with E-state index in [9.17, 15) is 18.8 Å². The molecule has 2 rings (SSSR count). The summed E-state index contributed by atoms with van der Waals surface area (Å²) in [5, 5.41) is 11.6. The first-order chi connectivity index (χ1) is 12.7. The Labute approximate surface area is 158 Å². The molecule has 1 aromatic carbocycles. The summed E-state index contributed by atoms with van der Waals surface area (Å²) in [6.45, 7) is 2.94. The predicted octanol–water partition coefficient (Wildman–Crippen LogP) is 1.97. The lowest BCUT2D eigenvalue weighted by molar-refractivity contribution is -0.116. The average molecular weight is 394 g/mol. The Balaban J connectivity index is 0.000000828. The number of aliphatic hydroxyl groups is 1. The molecule has 27 heavy (non-hydrogen) atoms. The van der Waals surface area contributed by atoms with Crippen LogP contribution in [0.2, 0.25) is 0 Å². The zero-order chi connectivity index (χ0) is 20.4. The van der Waals surface area contributed by atoms with Crippen LogP contribution in [0.25, 0.3) is 6.08 Å². The van der Waals surface area contributed by atoms with E-state index in [1.54, 1.807) is 6.92 Å². The lowest BCUT2D eigenvalue weighted by Gasteiger charge is -2.06. The number of anilines is 1. The normalized spacial score (nSPS) is 10.2. The summed E-state index contributed by atoms with van der Waals surface area (Å²) in [5.74, 6) is -0.984. The van der Waals surface area contributed by atoms with Gasteiger partial charge in [-0.05, 0) is 37.3 Å². The molecule has 0 bridgehead atoms. The van der Waals surface area contributed by atoms with Crippen LogP contribution in [-0.2, 0) is 9.59 Å². The Morgan fingerprint density at radius 1 is 1.37 bits per heavy atom. The van der Waals surface area contributed by atoms with E-state index in [1.165, 1.54) is 37.3 Å². The maximum absolute atomic E-state index is 12.8. The van der Waals surface area contributed by atoms with Gasteiger partial charge in [-0.15, -0.1) is 0 Å². The maximum atomic E-state index is 12.8. The van der Waals surface area contributed by atoms with Crippen LogP contribution in [0.3, 0.4) is 0 Å². The van der Waals surface area contributed by atoms with Gasteiger partial charge in [-0.3, -0.25) is 14.4 Å². The second-order valence-corrected chi connectivity index (χ2v) is 6.10. The van der Waals surface area contributed by atoms with E-state index in [-0.39, 0.29) is 28.9 Å². The van der Waals surface area contributed by atoms with Crippen LogP contribution in [0.5, 0.6) is 0 Å². The Morgan fingerprint density at radius 3 is 2.48 bits per heavy atom. The molecular formula is C17H19FN4O4S. The molecule has 0 atom stereocenters. The van der Waals surface area contributed by atoms with Crippen molar-refractivity contribution in [1.29, 1.82) is 0 Å². The number of amides is 2. The summed E-state index contributed by atoms with van der Waals surface area (Å²) in [7, 11) is 0. The van der Waals surface area contributed by atoms with Crippen molar-refractivity contribution in [2.24, 2.45) is 5.73 Å². The van der Waals surface area contributed by atoms with Gasteiger partial charge in [-0.1, -0.05) is 11.8 Å². The van der Waals surface area contributed by atoms with Crippen molar-refractivity contribution in [3.8, 4) is 0 Å². The molecule has 0 aliphatic heterocycles. The third-order valence-corrected chi connectivity index (χ3v) is 3.71. The minimum absolute atomic E-state index is 0.0366. The number of aromatic amines is 1. The van der Waals surface area contributed by atoms with E-state index in [1.807, 2.05) is 0 Å². The molecule has 2 amide bonds. The zero-order valence-corrected chi connectivity index (χ0v) is 15.5. The van der Waals surface area contributed by atoms with Crippen molar-refractivity contribution in [1.82, 2.24) is 9.97 Å². The molecule has 1 aromatic heterocycles. The van der Waals surface area contributed by atoms with Gasteiger partial charge in [0.2, 0.25) is 11.8 Å². The fraction of sp³-hybridized carbons (Fsp3) is 0.176. The van der Waals surface area contributed by atoms with E-state index in [0.717, 1.165) is 18.0 Å². The highest BCUT2D eigenvalue weighted by Crippen LogP contribution is 2.14. The third kappa shape index (κ3) is 8.19. The largest absolute Gasteiger partial charge is 0.516 e. The molecule has 0 unspecified atom stereocenters. The van der Waals surface area contributed by atoms with Gasteiger partial charge in [0.05, 0.1) is 23.3 Å². The van der Waals surface area contributed by atoms with Gasteiger partial charge < -0.3 is 21.1 Å². The monoisotopic (exact) mass is 394 g/mol. The molecule has 0 spiro atoms. The topological polar surface area (TPSA) is 138 Å². The van der Waals surface area contributed by atoms with Crippen molar-refractivity contribution in [3.05, 3.63) is 58.0 Å². The number of nitrogens with zero attached hydrogens (tertiary/aromatic N) is 1. The van der Waals surface area contributed by atoms with Gasteiger partial charge in [0.15, 0.2) is 5.16 Å². The number of hydrogen-bond donors (Lipinski definition) is 4. The van der Waals surface area contributed by atoms with Crippen LogP contribution >= 0.6 is 11.8 Å². The molecule has 0 saturated heterocycles. The molecule has 10 heteroatoms. The Morgan fingerprint density at radius 2 is 1.96 bits per heavy atom. The van der Waals surface area contributed by atoms with Crippen LogP contribution in [-0.4, -0.2) is 32.6 Å². The van der Waals surface area contributed by atoms with Crippen LogP contribution in [0.15, 0.2) is 40.5 Å². The maximum Gasteiger partial charge on any atom is 0.259 e. The Kier molecular flexibility index (Phi) is 8.73. The minimum Gasteiger partial charge on any atom is -0.516 e. The summed E-state index contributed by atoms with van der Waals surface area (Å²) in [4.78, 5) is 39.5. The second kappa shape index (κ2) is 10.8. The molecule has 0 fully saturated rings. The summed E-state index contributed by atoms with van der Waals surface area (Å²) >= 11 is 1.07. The average Bonchev–Trinajstić information content (AvgIpc) is 2.58. The van der Waals surface area contributed by atoms with E-state index in [2.05, 4.69) is 21.0 Å². The summed E-state index contributed by atoms with van der Waals surface area (Å²) in [5.41, 5.74) is 5.26. The number of primary amides is 1. The molecule has 1 heterocycles. The van der Waals surface area contributed by atoms with Gasteiger partial charge in [-0.2, -0.15) is 0 Å². The number of hydrogen-bond acceptors (Lipinski definition) is 6. The van der Waals surface area contributed by atoms with Crippen molar-refractivity contribution in [2.75, 3.05) is 11.1 Å². The van der Waals surface area contributed by atoms with Gasteiger partial charge in [-0.25, -0.2) is 9.37 Å². The van der Waals surface area contributed by atoms with Crippen molar-refractivity contribution in [3.63, 3.8) is 0 Å². The number of aryl methyl sites for hydroxylation is 1. The highest BCUT2D eigenvalue weighted by molar-refractivity contribution is 7.99. The second-order valence-electron chi connectivity index (χ2n) is 5.14. The third-order valence-electron chi connectivity index (χ3n) is 2.83. The highest BCUT2D eigenvalue weighted by atomic mass is 32.2. The molecule has 144 valence electrons. The number of rotatable bonds is 5. The number of benzene rings is 1. The van der Waals surface area contributed by atoms with Gasteiger partial charge >= 0.3 is 0 Å². The van der Waals surface area contributed by atoms with Gasteiger partial charge in [0.1, 0.15) is 5.82 Å². The molecule has 0 radical (unpaired) electrons. The quantitative estimate of drug-likeness (QED) is 0.347.